The van der Waals surface area contributed by atoms with Gasteiger partial charge in [0.2, 0.25) is 0 Å². The van der Waals surface area contributed by atoms with E-state index in [0.717, 1.165) is 22.6 Å². The SMILES string of the molecule is COc1cc(CNCc2cc(F)ccc2OC)cc(OC)c1. The molecule has 22 heavy (non-hydrogen) atoms. The van der Waals surface area contributed by atoms with Crippen LogP contribution in [0.1, 0.15) is 11.1 Å². The number of rotatable bonds is 7. The molecule has 0 atom stereocenters. The van der Waals surface area contributed by atoms with Gasteiger partial charge in [0, 0.05) is 24.7 Å². The lowest BCUT2D eigenvalue weighted by molar-refractivity contribution is 0.393. The fraction of sp³-hybridized carbons (Fsp3) is 0.294. The number of nitrogens with one attached hydrogen (secondary N) is 1. The highest BCUT2D eigenvalue weighted by molar-refractivity contribution is 5.38. The van der Waals surface area contributed by atoms with E-state index in [0.29, 0.717) is 18.8 Å². The molecule has 5 heteroatoms. The van der Waals surface area contributed by atoms with Crippen LogP contribution in [0.5, 0.6) is 17.2 Å². The number of ether oxygens (including phenoxy) is 3. The smallest absolute Gasteiger partial charge is 0.123 e. The van der Waals surface area contributed by atoms with E-state index in [-0.39, 0.29) is 5.82 Å². The van der Waals surface area contributed by atoms with Gasteiger partial charge in [0.25, 0.3) is 0 Å². The third-order valence-corrected chi connectivity index (χ3v) is 3.30. The number of halogens is 1. The van der Waals surface area contributed by atoms with Gasteiger partial charge in [-0.2, -0.15) is 0 Å². The topological polar surface area (TPSA) is 39.7 Å². The molecule has 0 saturated carbocycles. The Morgan fingerprint density at radius 3 is 2.14 bits per heavy atom. The molecule has 0 fully saturated rings. The van der Waals surface area contributed by atoms with Gasteiger partial charge >= 0.3 is 0 Å². The third-order valence-electron chi connectivity index (χ3n) is 3.30. The average molecular weight is 305 g/mol. The molecule has 0 saturated heterocycles. The van der Waals surface area contributed by atoms with Gasteiger partial charge in [-0.1, -0.05) is 0 Å². The van der Waals surface area contributed by atoms with E-state index in [1.54, 1.807) is 27.4 Å². The van der Waals surface area contributed by atoms with Crippen LogP contribution in [0.25, 0.3) is 0 Å². The van der Waals surface area contributed by atoms with Crippen molar-refractivity contribution < 1.29 is 18.6 Å². The van der Waals surface area contributed by atoms with Gasteiger partial charge < -0.3 is 19.5 Å². The highest BCUT2D eigenvalue weighted by Crippen LogP contribution is 2.23. The zero-order valence-corrected chi connectivity index (χ0v) is 13.0. The lowest BCUT2D eigenvalue weighted by Gasteiger charge is -2.11. The summed E-state index contributed by atoms with van der Waals surface area (Å²) in [5, 5.41) is 3.26. The van der Waals surface area contributed by atoms with E-state index < -0.39 is 0 Å². The highest BCUT2D eigenvalue weighted by Gasteiger charge is 2.06. The van der Waals surface area contributed by atoms with Crippen LogP contribution < -0.4 is 19.5 Å². The molecule has 0 unspecified atom stereocenters. The summed E-state index contributed by atoms with van der Waals surface area (Å²) in [5.74, 6) is 1.86. The number of hydrogen-bond acceptors (Lipinski definition) is 4. The van der Waals surface area contributed by atoms with Gasteiger partial charge in [0.05, 0.1) is 21.3 Å². The van der Waals surface area contributed by atoms with Crippen molar-refractivity contribution in [1.29, 1.82) is 0 Å². The van der Waals surface area contributed by atoms with Crippen LogP contribution in [0.3, 0.4) is 0 Å². The highest BCUT2D eigenvalue weighted by atomic mass is 19.1. The second-order valence-corrected chi connectivity index (χ2v) is 4.78. The predicted molar refractivity (Wildman–Crippen MR) is 83.0 cm³/mol. The zero-order chi connectivity index (χ0) is 15.9. The van der Waals surface area contributed by atoms with Gasteiger partial charge in [-0.25, -0.2) is 4.39 Å². The van der Waals surface area contributed by atoms with Crippen LogP contribution in [0.4, 0.5) is 4.39 Å². The summed E-state index contributed by atoms with van der Waals surface area (Å²) in [6.45, 7) is 1.10. The Morgan fingerprint density at radius 1 is 0.864 bits per heavy atom. The van der Waals surface area contributed by atoms with E-state index >= 15 is 0 Å². The first-order valence-corrected chi connectivity index (χ1v) is 6.91. The van der Waals surface area contributed by atoms with Crippen molar-refractivity contribution in [3.8, 4) is 17.2 Å². The molecule has 1 N–H and O–H groups in total. The molecule has 2 rings (SSSR count). The Balaban J connectivity index is 2.03. The minimum atomic E-state index is -0.277. The molecule has 0 bridgehead atoms. The first-order chi connectivity index (χ1) is 10.7. The zero-order valence-electron chi connectivity index (χ0n) is 13.0. The Hall–Kier alpha value is -2.27. The molecule has 2 aromatic carbocycles. The van der Waals surface area contributed by atoms with E-state index in [9.17, 15) is 4.39 Å². The number of hydrogen-bond donors (Lipinski definition) is 1. The largest absolute Gasteiger partial charge is 0.497 e. The lowest BCUT2D eigenvalue weighted by atomic mass is 10.1. The van der Waals surface area contributed by atoms with Gasteiger partial charge in [0.15, 0.2) is 0 Å². The fourth-order valence-electron chi connectivity index (χ4n) is 2.20. The Morgan fingerprint density at radius 2 is 1.55 bits per heavy atom. The third kappa shape index (κ3) is 4.11. The molecule has 118 valence electrons. The van der Waals surface area contributed by atoms with Crippen LogP contribution in [-0.2, 0) is 13.1 Å². The second-order valence-electron chi connectivity index (χ2n) is 4.78. The molecule has 0 aromatic heterocycles. The van der Waals surface area contributed by atoms with Gasteiger partial charge in [-0.05, 0) is 35.9 Å². The maximum absolute atomic E-state index is 13.3. The number of methoxy groups -OCH3 is 3. The van der Waals surface area contributed by atoms with Crippen LogP contribution in [0, 0.1) is 5.82 Å². The Bertz CT molecular complexity index is 609. The summed E-state index contributed by atoms with van der Waals surface area (Å²) in [4.78, 5) is 0. The molecule has 0 aliphatic carbocycles. The molecule has 0 amide bonds. The first kappa shape index (κ1) is 16.1. The van der Waals surface area contributed by atoms with Crippen LogP contribution >= 0.6 is 0 Å². The molecule has 0 aliphatic heterocycles. The van der Waals surface area contributed by atoms with Gasteiger partial charge in [-0.3, -0.25) is 0 Å². The summed E-state index contributed by atoms with van der Waals surface area (Å²) in [6.07, 6.45) is 0. The summed E-state index contributed by atoms with van der Waals surface area (Å²) in [6, 6.07) is 10.2. The van der Waals surface area contributed by atoms with Crippen molar-refractivity contribution in [1.82, 2.24) is 5.32 Å². The maximum atomic E-state index is 13.3. The summed E-state index contributed by atoms with van der Waals surface area (Å²) in [5.41, 5.74) is 1.80. The van der Waals surface area contributed by atoms with E-state index in [4.69, 9.17) is 14.2 Å². The normalized spacial score (nSPS) is 10.4. The Kier molecular flexibility index (Phi) is 5.61. The van der Waals surface area contributed by atoms with Gasteiger partial charge in [-0.15, -0.1) is 0 Å². The van der Waals surface area contributed by atoms with Gasteiger partial charge in [0.1, 0.15) is 23.1 Å². The van der Waals surface area contributed by atoms with Crippen molar-refractivity contribution in [3.05, 3.63) is 53.3 Å². The minimum absolute atomic E-state index is 0.277. The van der Waals surface area contributed by atoms with Crippen molar-refractivity contribution >= 4 is 0 Å². The van der Waals surface area contributed by atoms with Crippen molar-refractivity contribution in [2.24, 2.45) is 0 Å². The van der Waals surface area contributed by atoms with E-state index in [2.05, 4.69) is 5.32 Å². The van der Waals surface area contributed by atoms with Crippen molar-refractivity contribution in [2.45, 2.75) is 13.1 Å². The maximum Gasteiger partial charge on any atom is 0.123 e. The summed E-state index contributed by atoms with van der Waals surface area (Å²) >= 11 is 0. The standard InChI is InChI=1S/C17H20FNO3/c1-20-15-6-12(7-16(9-15)21-2)10-19-11-13-8-14(18)4-5-17(13)22-3/h4-9,19H,10-11H2,1-3H3. The molecule has 0 radical (unpaired) electrons. The second kappa shape index (κ2) is 7.66. The Labute approximate surface area is 129 Å². The lowest BCUT2D eigenvalue weighted by Crippen LogP contribution is -2.13. The molecular weight excluding hydrogens is 285 g/mol. The van der Waals surface area contributed by atoms with Crippen LogP contribution in [0.15, 0.2) is 36.4 Å². The quantitative estimate of drug-likeness (QED) is 0.853. The van der Waals surface area contributed by atoms with Crippen molar-refractivity contribution in [3.63, 3.8) is 0 Å². The molecule has 0 spiro atoms. The fourth-order valence-corrected chi connectivity index (χ4v) is 2.20. The first-order valence-electron chi connectivity index (χ1n) is 6.91. The molecular formula is C17H20FNO3. The van der Waals surface area contributed by atoms with Crippen LogP contribution in [0.2, 0.25) is 0 Å². The average Bonchev–Trinajstić information content (AvgIpc) is 2.54. The van der Waals surface area contributed by atoms with Crippen molar-refractivity contribution in [2.75, 3.05) is 21.3 Å². The molecule has 0 aliphatic rings. The molecule has 2 aromatic rings. The van der Waals surface area contributed by atoms with E-state index in [1.807, 2.05) is 18.2 Å². The van der Waals surface area contributed by atoms with Crippen LogP contribution in [-0.4, -0.2) is 21.3 Å². The summed E-state index contributed by atoms with van der Waals surface area (Å²) < 4.78 is 29.0. The minimum Gasteiger partial charge on any atom is -0.497 e. The predicted octanol–water partition coefficient (Wildman–Crippen LogP) is 3.14. The van der Waals surface area contributed by atoms with E-state index in [1.165, 1.54) is 12.1 Å². The number of benzene rings is 2. The molecule has 4 nitrogen and oxygen atoms in total. The summed E-state index contributed by atoms with van der Waals surface area (Å²) in [7, 11) is 4.80. The monoisotopic (exact) mass is 305 g/mol. The molecule has 0 heterocycles.